The third kappa shape index (κ3) is 7.28. The second-order valence-electron chi connectivity index (χ2n) is 5.96. The maximum atomic E-state index is 3.48. The van der Waals surface area contributed by atoms with Gasteiger partial charge in [0.25, 0.3) is 0 Å². The lowest BCUT2D eigenvalue weighted by molar-refractivity contribution is 0.130. The molecule has 114 valence electrons. The number of piperidine rings is 1. The highest BCUT2D eigenvalue weighted by Crippen LogP contribution is 2.15. The molecule has 0 saturated carbocycles. The molecule has 0 aromatic heterocycles. The van der Waals surface area contributed by atoms with Crippen molar-refractivity contribution in [2.45, 2.75) is 58.4 Å². The van der Waals surface area contributed by atoms with Crippen molar-refractivity contribution in [3.63, 3.8) is 0 Å². The quantitative estimate of drug-likeness (QED) is 0.615. The largest absolute Gasteiger partial charge is 0.317 e. The molecule has 3 heteroatoms. The fourth-order valence-corrected chi connectivity index (χ4v) is 2.95. The van der Waals surface area contributed by atoms with Crippen molar-refractivity contribution in [3.8, 4) is 0 Å². The smallest absolute Gasteiger partial charge is 0.0117 e. The third-order valence-corrected chi connectivity index (χ3v) is 4.42. The minimum atomic E-state index is 0.834. The fraction of sp³-hybridized carbons (Fsp3) is 1.00. The predicted octanol–water partition coefficient (Wildman–Crippen LogP) is 2.57. The molecule has 1 rings (SSSR count). The van der Waals surface area contributed by atoms with Gasteiger partial charge in [0.1, 0.15) is 0 Å². The zero-order valence-corrected chi connectivity index (χ0v) is 13.5. The highest BCUT2D eigenvalue weighted by atomic mass is 15.2. The molecular formula is C16H35N3. The van der Waals surface area contributed by atoms with E-state index < -0.39 is 0 Å². The first kappa shape index (κ1) is 16.9. The molecule has 1 aliphatic rings. The molecule has 1 fully saturated rings. The molecule has 1 heterocycles. The lowest BCUT2D eigenvalue weighted by atomic mass is 10.0. The van der Waals surface area contributed by atoms with Gasteiger partial charge in [0, 0.05) is 6.04 Å². The van der Waals surface area contributed by atoms with Crippen LogP contribution in [0.1, 0.15) is 52.4 Å². The van der Waals surface area contributed by atoms with Crippen LogP contribution in [-0.4, -0.2) is 62.2 Å². The maximum absolute atomic E-state index is 3.48. The van der Waals surface area contributed by atoms with Crippen LogP contribution in [0.5, 0.6) is 0 Å². The van der Waals surface area contributed by atoms with E-state index in [1.54, 1.807) is 0 Å². The van der Waals surface area contributed by atoms with Gasteiger partial charge in [0.05, 0.1) is 0 Å². The number of nitrogens with one attached hydrogen (secondary N) is 1. The average molecular weight is 269 g/mol. The minimum Gasteiger partial charge on any atom is -0.317 e. The molecule has 0 amide bonds. The van der Waals surface area contributed by atoms with Crippen LogP contribution in [0.2, 0.25) is 0 Å². The van der Waals surface area contributed by atoms with Gasteiger partial charge in [-0.1, -0.05) is 20.3 Å². The summed E-state index contributed by atoms with van der Waals surface area (Å²) >= 11 is 0. The SMILES string of the molecule is CCCNCCCCCN(C)C1CCN(CC)CC1. The summed E-state index contributed by atoms with van der Waals surface area (Å²) < 4.78 is 0. The summed E-state index contributed by atoms with van der Waals surface area (Å²) in [6.45, 7) is 12.0. The van der Waals surface area contributed by atoms with Crippen molar-refractivity contribution in [3.05, 3.63) is 0 Å². The number of hydrogen-bond donors (Lipinski definition) is 1. The van der Waals surface area contributed by atoms with Gasteiger partial charge in [-0.3, -0.25) is 0 Å². The van der Waals surface area contributed by atoms with Crippen molar-refractivity contribution in [1.29, 1.82) is 0 Å². The van der Waals surface area contributed by atoms with Crippen molar-refractivity contribution in [2.24, 2.45) is 0 Å². The lowest BCUT2D eigenvalue weighted by Gasteiger charge is -2.36. The summed E-state index contributed by atoms with van der Waals surface area (Å²) in [4.78, 5) is 5.18. The molecule has 0 bridgehead atoms. The highest BCUT2D eigenvalue weighted by molar-refractivity contribution is 4.77. The molecule has 1 aliphatic heterocycles. The number of hydrogen-bond acceptors (Lipinski definition) is 3. The minimum absolute atomic E-state index is 0.834. The van der Waals surface area contributed by atoms with E-state index in [-0.39, 0.29) is 0 Å². The first-order valence-corrected chi connectivity index (χ1v) is 8.41. The number of likely N-dealkylation sites (tertiary alicyclic amines) is 1. The van der Waals surface area contributed by atoms with Gasteiger partial charge in [-0.2, -0.15) is 0 Å². The standard InChI is InChI=1S/C16H35N3/c1-4-11-17-12-7-6-8-13-18(3)16-9-14-19(5-2)15-10-16/h16-17H,4-15H2,1-3H3. The van der Waals surface area contributed by atoms with Crippen LogP contribution in [0.4, 0.5) is 0 Å². The summed E-state index contributed by atoms with van der Waals surface area (Å²) in [7, 11) is 2.32. The summed E-state index contributed by atoms with van der Waals surface area (Å²) in [6.07, 6.45) is 8.04. The Bertz CT molecular complexity index is 200. The van der Waals surface area contributed by atoms with Crippen LogP contribution in [0.15, 0.2) is 0 Å². The molecule has 19 heavy (non-hydrogen) atoms. The van der Waals surface area contributed by atoms with E-state index in [0.717, 1.165) is 6.04 Å². The Morgan fingerprint density at radius 1 is 1.05 bits per heavy atom. The molecule has 0 aromatic rings. The van der Waals surface area contributed by atoms with E-state index in [4.69, 9.17) is 0 Å². The molecule has 0 aromatic carbocycles. The number of rotatable bonds is 10. The van der Waals surface area contributed by atoms with Gasteiger partial charge in [-0.15, -0.1) is 0 Å². The number of unbranched alkanes of at least 4 members (excludes halogenated alkanes) is 2. The summed E-state index contributed by atoms with van der Waals surface area (Å²) in [5.74, 6) is 0. The van der Waals surface area contributed by atoms with Crippen LogP contribution < -0.4 is 5.32 Å². The Morgan fingerprint density at radius 3 is 2.42 bits per heavy atom. The Hall–Kier alpha value is -0.120. The predicted molar refractivity (Wildman–Crippen MR) is 84.8 cm³/mol. The molecule has 3 nitrogen and oxygen atoms in total. The van der Waals surface area contributed by atoms with E-state index in [1.807, 2.05) is 0 Å². The zero-order chi connectivity index (χ0) is 13.9. The normalized spacial score (nSPS) is 18.3. The Morgan fingerprint density at radius 2 is 1.79 bits per heavy atom. The molecule has 0 unspecified atom stereocenters. The van der Waals surface area contributed by atoms with E-state index >= 15 is 0 Å². The molecule has 1 N–H and O–H groups in total. The molecule has 0 radical (unpaired) electrons. The summed E-state index contributed by atoms with van der Waals surface area (Å²) in [6, 6.07) is 0.834. The molecule has 0 aliphatic carbocycles. The van der Waals surface area contributed by atoms with Crippen LogP contribution >= 0.6 is 0 Å². The van der Waals surface area contributed by atoms with Gasteiger partial charge in [-0.05, 0) is 78.4 Å². The van der Waals surface area contributed by atoms with Gasteiger partial charge >= 0.3 is 0 Å². The first-order valence-electron chi connectivity index (χ1n) is 8.41. The molecular weight excluding hydrogens is 234 g/mol. The molecule has 1 saturated heterocycles. The fourth-order valence-electron chi connectivity index (χ4n) is 2.95. The van der Waals surface area contributed by atoms with Gasteiger partial charge < -0.3 is 15.1 Å². The first-order chi connectivity index (χ1) is 9.27. The van der Waals surface area contributed by atoms with Crippen molar-refractivity contribution in [1.82, 2.24) is 15.1 Å². The van der Waals surface area contributed by atoms with Gasteiger partial charge in [0.2, 0.25) is 0 Å². The second-order valence-corrected chi connectivity index (χ2v) is 5.96. The lowest BCUT2D eigenvalue weighted by Crippen LogP contribution is -2.43. The van der Waals surface area contributed by atoms with Crippen molar-refractivity contribution >= 4 is 0 Å². The third-order valence-electron chi connectivity index (χ3n) is 4.42. The van der Waals surface area contributed by atoms with Crippen molar-refractivity contribution in [2.75, 3.05) is 46.3 Å². The van der Waals surface area contributed by atoms with E-state index in [9.17, 15) is 0 Å². The van der Waals surface area contributed by atoms with E-state index in [1.165, 1.54) is 77.8 Å². The Balaban J connectivity index is 1.97. The van der Waals surface area contributed by atoms with Crippen LogP contribution in [-0.2, 0) is 0 Å². The maximum Gasteiger partial charge on any atom is 0.0117 e. The Kier molecular flexibility index (Phi) is 9.48. The molecule has 0 spiro atoms. The Labute approximate surface area is 120 Å². The summed E-state index contributed by atoms with van der Waals surface area (Å²) in [5, 5.41) is 3.48. The van der Waals surface area contributed by atoms with E-state index in [0.29, 0.717) is 0 Å². The summed E-state index contributed by atoms with van der Waals surface area (Å²) in [5.41, 5.74) is 0. The molecule has 0 atom stereocenters. The van der Waals surface area contributed by atoms with Crippen LogP contribution in [0, 0.1) is 0 Å². The number of nitrogens with zero attached hydrogens (tertiary/aromatic N) is 2. The highest BCUT2D eigenvalue weighted by Gasteiger charge is 2.20. The topological polar surface area (TPSA) is 18.5 Å². The van der Waals surface area contributed by atoms with E-state index in [2.05, 4.69) is 36.0 Å². The zero-order valence-electron chi connectivity index (χ0n) is 13.5. The van der Waals surface area contributed by atoms with Crippen LogP contribution in [0.3, 0.4) is 0 Å². The average Bonchev–Trinajstić information content (AvgIpc) is 2.46. The van der Waals surface area contributed by atoms with Crippen molar-refractivity contribution < 1.29 is 0 Å². The second kappa shape index (κ2) is 10.6. The monoisotopic (exact) mass is 269 g/mol. The van der Waals surface area contributed by atoms with Crippen LogP contribution in [0.25, 0.3) is 0 Å². The van der Waals surface area contributed by atoms with Gasteiger partial charge in [0.15, 0.2) is 0 Å². The van der Waals surface area contributed by atoms with Gasteiger partial charge in [-0.25, -0.2) is 0 Å².